The van der Waals surface area contributed by atoms with Gasteiger partial charge in [0.1, 0.15) is 5.69 Å². The molecule has 0 heterocycles. The number of azo groups is 1. The highest BCUT2D eigenvalue weighted by atomic mass is 35.5. The van der Waals surface area contributed by atoms with Gasteiger partial charge in [-0.2, -0.15) is 5.10 Å². The maximum Gasteiger partial charge on any atom is 0.201 e. The molecule has 25 heavy (non-hydrogen) atoms. The Balaban J connectivity index is 1.92. The van der Waals surface area contributed by atoms with E-state index >= 15 is 0 Å². The summed E-state index contributed by atoms with van der Waals surface area (Å²) in [5.41, 5.74) is 11.6. The highest BCUT2D eigenvalue weighted by Crippen LogP contribution is 2.24. The SMILES string of the molecule is Nc1ccccc1NN=C(N=Nc1ccccc1Cl)c1ccccc1. The van der Waals surface area contributed by atoms with E-state index < -0.39 is 0 Å². The molecule has 0 bridgehead atoms. The van der Waals surface area contributed by atoms with Crippen molar-refractivity contribution in [3.63, 3.8) is 0 Å². The van der Waals surface area contributed by atoms with Crippen LogP contribution < -0.4 is 11.2 Å². The van der Waals surface area contributed by atoms with Crippen molar-refractivity contribution in [1.29, 1.82) is 0 Å². The number of hydrazone groups is 1. The summed E-state index contributed by atoms with van der Waals surface area (Å²) in [7, 11) is 0. The van der Waals surface area contributed by atoms with Crippen LogP contribution in [-0.4, -0.2) is 5.84 Å². The lowest BCUT2D eigenvalue weighted by Gasteiger charge is -2.05. The highest BCUT2D eigenvalue weighted by Gasteiger charge is 2.04. The van der Waals surface area contributed by atoms with Crippen molar-refractivity contribution in [2.45, 2.75) is 0 Å². The molecule has 3 aromatic rings. The molecule has 0 aliphatic rings. The number of amidine groups is 1. The first-order valence-corrected chi connectivity index (χ1v) is 8.02. The second kappa shape index (κ2) is 8.08. The smallest absolute Gasteiger partial charge is 0.201 e. The van der Waals surface area contributed by atoms with E-state index in [1.165, 1.54) is 0 Å². The molecule has 0 atom stereocenters. The fraction of sp³-hybridized carbons (Fsp3) is 0. The molecule has 3 rings (SSSR count). The highest BCUT2D eigenvalue weighted by molar-refractivity contribution is 6.32. The lowest BCUT2D eigenvalue weighted by molar-refractivity contribution is 1.22. The van der Waals surface area contributed by atoms with Gasteiger partial charge in [-0.25, -0.2) is 0 Å². The molecular formula is C19H16ClN5. The summed E-state index contributed by atoms with van der Waals surface area (Å²) in [6, 6.07) is 24.2. The van der Waals surface area contributed by atoms with Crippen LogP contribution >= 0.6 is 11.6 Å². The summed E-state index contributed by atoms with van der Waals surface area (Å²) in [6.07, 6.45) is 0. The Labute approximate surface area is 150 Å². The number of hydrogen-bond acceptors (Lipinski definition) is 4. The third-order valence-corrected chi connectivity index (χ3v) is 3.70. The van der Waals surface area contributed by atoms with Crippen molar-refractivity contribution in [3.05, 3.63) is 89.4 Å². The average Bonchev–Trinajstić information content (AvgIpc) is 2.65. The number of anilines is 2. The van der Waals surface area contributed by atoms with Crippen molar-refractivity contribution >= 4 is 34.5 Å². The minimum Gasteiger partial charge on any atom is -0.397 e. The molecule has 6 heteroatoms. The number of nitrogens with zero attached hydrogens (tertiary/aromatic N) is 3. The minimum absolute atomic E-state index is 0.420. The van der Waals surface area contributed by atoms with Crippen LogP contribution in [0.2, 0.25) is 5.02 Å². The number of nitrogen functional groups attached to an aromatic ring is 1. The van der Waals surface area contributed by atoms with Gasteiger partial charge in [-0.05, 0) is 24.3 Å². The molecule has 124 valence electrons. The van der Waals surface area contributed by atoms with Gasteiger partial charge < -0.3 is 5.73 Å². The zero-order valence-electron chi connectivity index (χ0n) is 13.3. The molecule has 0 aliphatic carbocycles. The number of benzene rings is 3. The maximum atomic E-state index is 6.12. The van der Waals surface area contributed by atoms with Gasteiger partial charge in [-0.3, -0.25) is 5.43 Å². The van der Waals surface area contributed by atoms with Gasteiger partial charge in [-0.1, -0.05) is 66.2 Å². The molecule has 0 spiro atoms. The number of hydrogen-bond donors (Lipinski definition) is 2. The van der Waals surface area contributed by atoms with Crippen molar-refractivity contribution in [1.82, 2.24) is 0 Å². The van der Waals surface area contributed by atoms with E-state index in [-0.39, 0.29) is 0 Å². The molecule has 0 aliphatic heterocycles. The third kappa shape index (κ3) is 4.43. The quantitative estimate of drug-likeness (QED) is 0.215. The van der Waals surface area contributed by atoms with E-state index in [4.69, 9.17) is 17.3 Å². The fourth-order valence-electron chi connectivity index (χ4n) is 2.08. The van der Waals surface area contributed by atoms with Crippen LogP contribution in [0, 0.1) is 0 Å². The number of nitrogens with one attached hydrogen (secondary N) is 1. The molecule has 0 fully saturated rings. The van der Waals surface area contributed by atoms with Gasteiger partial charge in [0.15, 0.2) is 0 Å². The standard InChI is InChI=1S/C19H16ClN5/c20-15-10-4-6-12-17(15)22-24-19(14-8-2-1-3-9-14)25-23-18-13-7-5-11-16(18)21/h1-13,23H,21H2. The van der Waals surface area contributed by atoms with Crippen LogP contribution in [0.5, 0.6) is 0 Å². The molecule has 0 amide bonds. The zero-order valence-corrected chi connectivity index (χ0v) is 14.1. The van der Waals surface area contributed by atoms with Gasteiger partial charge in [0.2, 0.25) is 5.84 Å². The lowest BCUT2D eigenvalue weighted by atomic mass is 10.2. The van der Waals surface area contributed by atoms with E-state index in [1.54, 1.807) is 18.2 Å². The molecule has 0 unspecified atom stereocenters. The van der Waals surface area contributed by atoms with Crippen LogP contribution in [0.25, 0.3) is 0 Å². The Bertz CT molecular complexity index is 906. The third-order valence-electron chi connectivity index (χ3n) is 3.38. The Morgan fingerprint density at radius 2 is 1.52 bits per heavy atom. The topological polar surface area (TPSA) is 75.1 Å². The molecule has 0 radical (unpaired) electrons. The fourth-order valence-corrected chi connectivity index (χ4v) is 2.25. The van der Waals surface area contributed by atoms with Gasteiger partial charge in [0, 0.05) is 5.56 Å². The predicted octanol–water partition coefficient (Wildman–Crippen LogP) is 5.48. The molecule has 0 saturated carbocycles. The van der Waals surface area contributed by atoms with Crippen LogP contribution in [0.3, 0.4) is 0 Å². The Morgan fingerprint density at radius 1 is 0.840 bits per heavy atom. The van der Waals surface area contributed by atoms with E-state index in [2.05, 4.69) is 20.8 Å². The van der Waals surface area contributed by atoms with Crippen molar-refractivity contribution in [3.8, 4) is 0 Å². The van der Waals surface area contributed by atoms with Crippen LogP contribution in [-0.2, 0) is 0 Å². The van der Waals surface area contributed by atoms with Gasteiger partial charge in [0.25, 0.3) is 0 Å². The number of para-hydroxylation sites is 2. The Morgan fingerprint density at radius 3 is 2.28 bits per heavy atom. The van der Waals surface area contributed by atoms with E-state index in [1.807, 2.05) is 60.7 Å². The van der Waals surface area contributed by atoms with E-state index in [0.717, 1.165) is 5.56 Å². The monoisotopic (exact) mass is 349 g/mol. The molecule has 3 aromatic carbocycles. The van der Waals surface area contributed by atoms with Crippen molar-refractivity contribution in [2.24, 2.45) is 15.3 Å². The second-order valence-electron chi connectivity index (χ2n) is 5.15. The van der Waals surface area contributed by atoms with Crippen LogP contribution in [0.1, 0.15) is 5.56 Å². The number of nitrogens with two attached hydrogens (primary N) is 1. The van der Waals surface area contributed by atoms with Crippen LogP contribution in [0.4, 0.5) is 17.1 Å². The van der Waals surface area contributed by atoms with E-state index in [9.17, 15) is 0 Å². The van der Waals surface area contributed by atoms with Gasteiger partial charge in [-0.15, -0.1) is 10.2 Å². The molecule has 0 saturated heterocycles. The summed E-state index contributed by atoms with van der Waals surface area (Å²) in [5.74, 6) is 0.420. The predicted molar refractivity (Wildman–Crippen MR) is 103 cm³/mol. The molecule has 5 nitrogen and oxygen atoms in total. The molecule has 3 N–H and O–H groups in total. The first-order valence-electron chi connectivity index (χ1n) is 7.64. The molecular weight excluding hydrogens is 334 g/mol. The first-order chi connectivity index (χ1) is 12.2. The largest absolute Gasteiger partial charge is 0.397 e. The van der Waals surface area contributed by atoms with Crippen molar-refractivity contribution < 1.29 is 0 Å². The summed E-state index contributed by atoms with van der Waals surface area (Å²) < 4.78 is 0. The van der Waals surface area contributed by atoms with Crippen molar-refractivity contribution in [2.75, 3.05) is 11.2 Å². The zero-order chi connectivity index (χ0) is 17.5. The number of rotatable bonds is 4. The number of halogens is 1. The Hall–Kier alpha value is -3.18. The Kier molecular flexibility index (Phi) is 5.39. The van der Waals surface area contributed by atoms with E-state index in [0.29, 0.717) is 27.9 Å². The summed E-state index contributed by atoms with van der Waals surface area (Å²) in [5, 5.41) is 13.3. The summed E-state index contributed by atoms with van der Waals surface area (Å²) in [4.78, 5) is 0. The lowest BCUT2D eigenvalue weighted by Crippen LogP contribution is -2.02. The minimum atomic E-state index is 0.420. The normalized spacial score (nSPS) is 11.6. The molecule has 0 aromatic heterocycles. The second-order valence-corrected chi connectivity index (χ2v) is 5.56. The average molecular weight is 350 g/mol. The summed E-state index contributed by atoms with van der Waals surface area (Å²) in [6.45, 7) is 0. The van der Waals surface area contributed by atoms with Crippen LogP contribution in [0.15, 0.2) is 94.2 Å². The van der Waals surface area contributed by atoms with Gasteiger partial charge in [0.05, 0.1) is 16.4 Å². The first kappa shape index (κ1) is 16.7. The summed E-state index contributed by atoms with van der Waals surface area (Å²) >= 11 is 6.12. The van der Waals surface area contributed by atoms with Gasteiger partial charge >= 0.3 is 0 Å². The maximum absolute atomic E-state index is 6.12.